The first-order valence-corrected chi connectivity index (χ1v) is 9.06. The fraction of sp³-hybridized carbons (Fsp3) is 0.100. The molecule has 0 bridgehead atoms. The van der Waals surface area contributed by atoms with Crippen molar-refractivity contribution in [3.05, 3.63) is 83.1 Å². The number of nitrogens with one attached hydrogen (secondary N) is 2. The van der Waals surface area contributed by atoms with E-state index in [-0.39, 0.29) is 0 Å². The number of aromatic nitrogens is 1. The van der Waals surface area contributed by atoms with Crippen LogP contribution in [-0.4, -0.2) is 23.0 Å². The summed E-state index contributed by atoms with van der Waals surface area (Å²) in [4.78, 5) is 0. The minimum Gasteiger partial charge on any atom is -0.497 e. The highest BCUT2D eigenvalue weighted by molar-refractivity contribution is 7.80. The predicted octanol–water partition coefficient (Wildman–Crippen LogP) is 4.52. The molecule has 2 aromatic carbocycles. The molecular weight excluding hydrogens is 380 g/mol. The maximum atomic E-state index is 5.94. The Morgan fingerprint density at radius 3 is 2.78 bits per heavy atom. The molecule has 0 radical (unpaired) electrons. The van der Waals surface area contributed by atoms with Crippen molar-refractivity contribution < 1.29 is 4.74 Å². The maximum Gasteiger partial charge on any atom is 0.191 e. The second-order valence-electron chi connectivity index (χ2n) is 5.74. The quantitative estimate of drug-likeness (QED) is 0.364. The standard InChI is InChI=1S/C20H19ClN4OS/c1-26-19-6-2-4-17(12-19)23-20(27)24-22-13-18-5-3-11-25(18)14-15-7-9-16(21)10-8-15/h2-13H,14H2,1H3,(H2,23,24,27)/b22-13-. The third-order valence-electron chi connectivity index (χ3n) is 3.82. The fourth-order valence-corrected chi connectivity index (χ4v) is 2.79. The van der Waals surface area contributed by atoms with Crippen LogP contribution < -0.4 is 15.5 Å². The Hall–Kier alpha value is -2.83. The number of anilines is 1. The highest BCUT2D eigenvalue weighted by atomic mass is 35.5. The summed E-state index contributed by atoms with van der Waals surface area (Å²) in [6.45, 7) is 0.734. The van der Waals surface area contributed by atoms with Crippen LogP contribution in [0.5, 0.6) is 5.75 Å². The molecule has 1 aromatic heterocycles. The summed E-state index contributed by atoms with van der Waals surface area (Å²) < 4.78 is 7.28. The van der Waals surface area contributed by atoms with Gasteiger partial charge in [-0.3, -0.25) is 5.43 Å². The van der Waals surface area contributed by atoms with E-state index in [1.165, 1.54) is 0 Å². The van der Waals surface area contributed by atoms with Crippen LogP contribution in [0.1, 0.15) is 11.3 Å². The lowest BCUT2D eigenvalue weighted by atomic mass is 10.2. The summed E-state index contributed by atoms with van der Waals surface area (Å²) in [5.74, 6) is 0.756. The Bertz CT molecular complexity index is 937. The van der Waals surface area contributed by atoms with Crippen LogP contribution in [0.4, 0.5) is 5.69 Å². The molecule has 0 atom stereocenters. The number of ether oxygens (including phenoxy) is 1. The topological polar surface area (TPSA) is 50.6 Å². The summed E-state index contributed by atoms with van der Waals surface area (Å²) >= 11 is 11.2. The zero-order valence-corrected chi connectivity index (χ0v) is 16.3. The van der Waals surface area contributed by atoms with Crippen LogP contribution in [0.25, 0.3) is 0 Å². The molecular formula is C20H19ClN4OS. The van der Waals surface area contributed by atoms with Crippen LogP contribution in [0.15, 0.2) is 72.0 Å². The van der Waals surface area contributed by atoms with Crippen LogP contribution in [-0.2, 0) is 6.54 Å². The molecule has 3 rings (SSSR count). The third-order valence-corrected chi connectivity index (χ3v) is 4.27. The lowest BCUT2D eigenvalue weighted by molar-refractivity contribution is 0.415. The number of hydrogen-bond acceptors (Lipinski definition) is 3. The second kappa shape index (κ2) is 9.21. The molecule has 0 aliphatic carbocycles. The SMILES string of the molecule is COc1cccc(NC(=S)N/N=C\c2cccn2Cc2ccc(Cl)cc2)c1. The molecule has 138 valence electrons. The van der Waals surface area contributed by atoms with Crippen LogP contribution in [0.3, 0.4) is 0 Å². The number of thiocarbonyl (C=S) groups is 1. The van der Waals surface area contributed by atoms with Gasteiger partial charge in [-0.25, -0.2) is 0 Å². The number of benzene rings is 2. The number of halogens is 1. The Morgan fingerprint density at radius 1 is 1.19 bits per heavy atom. The zero-order chi connectivity index (χ0) is 19.1. The van der Waals surface area contributed by atoms with Crippen molar-refractivity contribution in [1.29, 1.82) is 0 Å². The monoisotopic (exact) mass is 398 g/mol. The van der Waals surface area contributed by atoms with E-state index in [1.54, 1.807) is 13.3 Å². The lowest BCUT2D eigenvalue weighted by Crippen LogP contribution is -2.24. The predicted molar refractivity (Wildman–Crippen MR) is 115 cm³/mol. The van der Waals surface area contributed by atoms with Gasteiger partial charge in [-0.2, -0.15) is 5.10 Å². The summed E-state index contributed by atoms with van der Waals surface area (Å²) in [6, 6.07) is 19.3. The van der Waals surface area contributed by atoms with Crippen LogP contribution >= 0.6 is 23.8 Å². The number of methoxy groups -OCH3 is 1. The van der Waals surface area contributed by atoms with E-state index in [0.717, 1.165) is 34.3 Å². The van der Waals surface area contributed by atoms with Crippen molar-refractivity contribution in [2.24, 2.45) is 5.10 Å². The molecule has 0 saturated carbocycles. The van der Waals surface area contributed by atoms with E-state index in [0.29, 0.717) is 5.11 Å². The molecule has 0 fully saturated rings. The molecule has 1 heterocycles. The minimum atomic E-state index is 0.398. The first-order valence-electron chi connectivity index (χ1n) is 8.28. The first-order chi connectivity index (χ1) is 13.1. The summed E-state index contributed by atoms with van der Waals surface area (Å²) in [5, 5.41) is 8.41. The zero-order valence-electron chi connectivity index (χ0n) is 14.7. The lowest BCUT2D eigenvalue weighted by Gasteiger charge is -2.09. The summed E-state index contributed by atoms with van der Waals surface area (Å²) in [5.41, 5.74) is 5.77. The molecule has 5 nitrogen and oxygen atoms in total. The molecule has 0 aliphatic rings. The van der Waals surface area contributed by atoms with Gasteiger partial charge in [0.1, 0.15) is 5.75 Å². The molecule has 0 aliphatic heterocycles. The van der Waals surface area contributed by atoms with Gasteiger partial charge in [0.25, 0.3) is 0 Å². The Balaban J connectivity index is 1.57. The number of nitrogens with zero attached hydrogens (tertiary/aromatic N) is 2. The van der Waals surface area contributed by atoms with Crippen molar-refractivity contribution in [1.82, 2.24) is 9.99 Å². The van der Waals surface area contributed by atoms with Gasteiger partial charge in [0.05, 0.1) is 19.0 Å². The average Bonchev–Trinajstić information content (AvgIpc) is 3.11. The van der Waals surface area contributed by atoms with Gasteiger partial charge in [0.2, 0.25) is 0 Å². The largest absolute Gasteiger partial charge is 0.497 e. The summed E-state index contributed by atoms with van der Waals surface area (Å²) in [6.07, 6.45) is 3.73. The normalized spacial score (nSPS) is 10.7. The third kappa shape index (κ3) is 5.57. The van der Waals surface area contributed by atoms with Crippen molar-refractivity contribution in [3.63, 3.8) is 0 Å². The molecule has 3 aromatic rings. The highest BCUT2D eigenvalue weighted by Crippen LogP contribution is 2.16. The number of rotatable bonds is 6. The van der Waals surface area contributed by atoms with Gasteiger partial charge < -0.3 is 14.6 Å². The number of hydrogen-bond donors (Lipinski definition) is 2. The smallest absolute Gasteiger partial charge is 0.191 e. The van der Waals surface area contributed by atoms with E-state index in [2.05, 4.69) is 20.4 Å². The Kier molecular flexibility index (Phi) is 6.46. The van der Waals surface area contributed by atoms with Gasteiger partial charge in [-0.15, -0.1) is 0 Å². The van der Waals surface area contributed by atoms with Gasteiger partial charge in [-0.1, -0.05) is 29.8 Å². The number of hydrazone groups is 1. The summed E-state index contributed by atoms with van der Waals surface area (Å²) in [7, 11) is 1.62. The van der Waals surface area contributed by atoms with Crippen molar-refractivity contribution in [2.45, 2.75) is 6.54 Å². The molecule has 0 unspecified atom stereocenters. The van der Waals surface area contributed by atoms with E-state index < -0.39 is 0 Å². The van der Waals surface area contributed by atoms with Crippen molar-refractivity contribution >= 4 is 40.8 Å². The minimum absolute atomic E-state index is 0.398. The van der Waals surface area contributed by atoms with Gasteiger partial charge in [0, 0.05) is 29.5 Å². The molecule has 2 N–H and O–H groups in total. The average molecular weight is 399 g/mol. The van der Waals surface area contributed by atoms with Gasteiger partial charge in [0.15, 0.2) is 5.11 Å². The van der Waals surface area contributed by atoms with Crippen molar-refractivity contribution in [3.8, 4) is 5.75 Å². The van der Waals surface area contributed by atoms with Crippen molar-refractivity contribution in [2.75, 3.05) is 12.4 Å². The van der Waals surface area contributed by atoms with Gasteiger partial charge >= 0.3 is 0 Å². The van der Waals surface area contributed by atoms with E-state index >= 15 is 0 Å². The van der Waals surface area contributed by atoms with E-state index in [1.807, 2.05) is 66.9 Å². The first kappa shape index (κ1) is 18.9. The second-order valence-corrected chi connectivity index (χ2v) is 6.59. The maximum absolute atomic E-state index is 5.94. The molecule has 0 saturated heterocycles. The van der Waals surface area contributed by atoms with Gasteiger partial charge in [-0.05, 0) is 54.2 Å². The Morgan fingerprint density at radius 2 is 2.00 bits per heavy atom. The molecule has 7 heteroatoms. The molecule has 0 amide bonds. The highest BCUT2D eigenvalue weighted by Gasteiger charge is 2.01. The van der Waals surface area contributed by atoms with E-state index in [9.17, 15) is 0 Å². The Labute approximate surface area is 168 Å². The fourth-order valence-electron chi connectivity index (χ4n) is 2.49. The van der Waals surface area contributed by atoms with Crippen LogP contribution in [0.2, 0.25) is 5.02 Å². The molecule has 27 heavy (non-hydrogen) atoms. The molecule has 0 spiro atoms. The van der Waals surface area contributed by atoms with Crippen LogP contribution in [0, 0.1) is 0 Å². The van der Waals surface area contributed by atoms with E-state index in [4.69, 9.17) is 28.6 Å².